The van der Waals surface area contributed by atoms with Gasteiger partial charge in [-0.3, -0.25) is 0 Å². The third kappa shape index (κ3) is 2.65. The molecule has 2 rings (SSSR count). The van der Waals surface area contributed by atoms with Crippen molar-refractivity contribution in [2.24, 2.45) is 5.73 Å². The molecular formula is C14H18N2O2. The predicted molar refractivity (Wildman–Crippen MR) is 71.0 cm³/mol. The second kappa shape index (κ2) is 5.60. The zero-order chi connectivity index (χ0) is 13.0. The number of nitrogens with zero attached hydrogens (tertiary/aromatic N) is 1. The van der Waals surface area contributed by atoms with Gasteiger partial charge >= 0.3 is 0 Å². The summed E-state index contributed by atoms with van der Waals surface area (Å²) in [5, 5.41) is 0. The van der Waals surface area contributed by atoms with Crippen LogP contribution >= 0.6 is 0 Å². The van der Waals surface area contributed by atoms with Crippen LogP contribution in [0, 0.1) is 0 Å². The number of benzene rings is 1. The standard InChI is InChI=1S/C14H18N2O2/c1-17-13-4-3-11(7-14(13)18-2)9-16-6-5-12(8-15)10-16/h3-7,10H,8-9,15H2,1-2H3. The van der Waals surface area contributed by atoms with E-state index in [4.69, 9.17) is 15.2 Å². The third-order valence-corrected chi connectivity index (χ3v) is 2.86. The molecule has 0 aliphatic carbocycles. The average Bonchev–Trinajstić information content (AvgIpc) is 2.86. The number of hydrogen-bond donors (Lipinski definition) is 1. The highest BCUT2D eigenvalue weighted by molar-refractivity contribution is 5.43. The Morgan fingerprint density at radius 3 is 2.44 bits per heavy atom. The number of methoxy groups -OCH3 is 2. The molecule has 18 heavy (non-hydrogen) atoms. The summed E-state index contributed by atoms with van der Waals surface area (Å²) < 4.78 is 12.6. The second-order valence-electron chi connectivity index (χ2n) is 4.09. The van der Waals surface area contributed by atoms with Crippen LogP contribution in [0.25, 0.3) is 0 Å². The van der Waals surface area contributed by atoms with E-state index in [2.05, 4.69) is 10.8 Å². The number of ether oxygens (including phenoxy) is 2. The fraction of sp³-hybridized carbons (Fsp3) is 0.286. The zero-order valence-corrected chi connectivity index (χ0v) is 10.7. The maximum Gasteiger partial charge on any atom is 0.161 e. The first-order valence-corrected chi connectivity index (χ1v) is 5.82. The Kier molecular flexibility index (Phi) is 3.89. The molecule has 2 N–H and O–H groups in total. The first-order valence-electron chi connectivity index (χ1n) is 5.82. The fourth-order valence-electron chi connectivity index (χ4n) is 1.90. The smallest absolute Gasteiger partial charge is 0.161 e. The Balaban J connectivity index is 2.18. The molecule has 1 heterocycles. The van der Waals surface area contributed by atoms with Gasteiger partial charge < -0.3 is 19.8 Å². The summed E-state index contributed by atoms with van der Waals surface area (Å²) in [6, 6.07) is 7.96. The molecule has 1 aromatic heterocycles. The minimum atomic E-state index is 0.568. The molecule has 0 spiro atoms. The lowest BCUT2D eigenvalue weighted by Gasteiger charge is -2.10. The first-order chi connectivity index (χ1) is 8.76. The van der Waals surface area contributed by atoms with Crippen molar-refractivity contribution < 1.29 is 9.47 Å². The van der Waals surface area contributed by atoms with Crippen LogP contribution in [0.3, 0.4) is 0 Å². The van der Waals surface area contributed by atoms with Gasteiger partial charge in [-0.25, -0.2) is 0 Å². The normalized spacial score (nSPS) is 10.4. The summed E-state index contributed by atoms with van der Waals surface area (Å²) in [6.07, 6.45) is 4.08. The fourth-order valence-corrected chi connectivity index (χ4v) is 1.90. The van der Waals surface area contributed by atoms with E-state index in [1.54, 1.807) is 14.2 Å². The molecule has 4 heteroatoms. The Labute approximate surface area is 107 Å². The quantitative estimate of drug-likeness (QED) is 0.878. The molecule has 0 saturated heterocycles. The monoisotopic (exact) mass is 246 g/mol. The molecule has 2 aromatic rings. The van der Waals surface area contributed by atoms with Crippen molar-refractivity contribution in [3.63, 3.8) is 0 Å². The van der Waals surface area contributed by atoms with Crippen LogP contribution in [0.1, 0.15) is 11.1 Å². The van der Waals surface area contributed by atoms with Crippen molar-refractivity contribution in [3.8, 4) is 11.5 Å². The molecule has 0 fully saturated rings. The molecule has 4 nitrogen and oxygen atoms in total. The Bertz CT molecular complexity index is 520. The predicted octanol–water partition coefficient (Wildman–Crippen LogP) is 2.01. The summed E-state index contributed by atoms with van der Waals surface area (Å²) in [7, 11) is 3.28. The van der Waals surface area contributed by atoms with Gasteiger partial charge in [-0.2, -0.15) is 0 Å². The van der Waals surface area contributed by atoms with Crippen LogP contribution in [-0.2, 0) is 13.1 Å². The second-order valence-corrected chi connectivity index (χ2v) is 4.09. The summed E-state index contributed by atoms with van der Waals surface area (Å²) >= 11 is 0. The molecule has 0 unspecified atom stereocenters. The maximum absolute atomic E-state index is 5.59. The summed E-state index contributed by atoms with van der Waals surface area (Å²) in [5.74, 6) is 1.50. The van der Waals surface area contributed by atoms with E-state index < -0.39 is 0 Å². The molecule has 0 amide bonds. The molecule has 0 saturated carbocycles. The van der Waals surface area contributed by atoms with Crippen molar-refractivity contribution in [1.82, 2.24) is 4.57 Å². The Morgan fingerprint density at radius 2 is 1.83 bits per heavy atom. The lowest BCUT2D eigenvalue weighted by atomic mass is 10.2. The maximum atomic E-state index is 5.59. The number of rotatable bonds is 5. The molecule has 0 bridgehead atoms. The topological polar surface area (TPSA) is 49.4 Å². The zero-order valence-electron chi connectivity index (χ0n) is 10.7. The average molecular weight is 246 g/mol. The number of hydrogen-bond acceptors (Lipinski definition) is 3. The van der Waals surface area contributed by atoms with E-state index >= 15 is 0 Å². The number of aromatic nitrogens is 1. The molecule has 96 valence electrons. The highest BCUT2D eigenvalue weighted by atomic mass is 16.5. The van der Waals surface area contributed by atoms with Crippen LogP contribution in [0.15, 0.2) is 36.7 Å². The Hall–Kier alpha value is -1.94. The van der Waals surface area contributed by atoms with Gasteiger partial charge in [0.1, 0.15) is 0 Å². The summed E-state index contributed by atoms with van der Waals surface area (Å²) in [5.41, 5.74) is 7.88. The van der Waals surface area contributed by atoms with Crippen molar-refractivity contribution in [2.75, 3.05) is 14.2 Å². The SMILES string of the molecule is COc1ccc(Cn2ccc(CN)c2)cc1OC. The van der Waals surface area contributed by atoms with Crippen LogP contribution in [0.4, 0.5) is 0 Å². The molecule has 0 aliphatic heterocycles. The highest BCUT2D eigenvalue weighted by Gasteiger charge is 2.05. The molecule has 0 atom stereocenters. The molecule has 0 radical (unpaired) electrons. The Morgan fingerprint density at radius 1 is 1.06 bits per heavy atom. The van der Waals surface area contributed by atoms with Gasteiger partial charge in [0, 0.05) is 25.5 Å². The van der Waals surface area contributed by atoms with Crippen molar-refractivity contribution >= 4 is 0 Å². The largest absolute Gasteiger partial charge is 0.493 e. The molecule has 1 aromatic carbocycles. The minimum Gasteiger partial charge on any atom is -0.493 e. The third-order valence-electron chi connectivity index (χ3n) is 2.86. The number of nitrogens with two attached hydrogens (primary N) is 1. The molecular weight excluding hydrogens is 228 g/mol. The van der Waals surface area contributed by atoms with Gasteiger partial charge in [0.25, 0.3) is 0 Å². The van der Waals surface area contributed by atoms with Crippen molar-refractivity contribution in [3.05, 3.63) is 47.8 Å². The summed E-state index contributed by atoms with van der Waals surface area (Å²) in [4.78, 5) is 0. The minimum absolute atomic E-state index is 0.568. The van der Waals surface area contributed by atoms with Gasteiger partial charge in [-0.1, -0.05) is 6.07 Å². The van der Waals surface area contributed by atoms with Crippen LogP contribution in [0.5, 0.6) is 11.5 Å². The van der Waals surface area contributed by atoms with E-state index in [1.165, 1.54) is 0 Å². The van der Waals surface area contributed by atoms with Crippen LogP contribution in [0.2, 0.25) is 0 Å². The van der Waals surface area contributed by atoms with E-state index in [0.717, 1.165) is 29.2 Å². The van der Waals surface area contributed by atoms with Crippen molar-refractivity contribution in [1.29, 1.82) is 0 Å². The van der Waals surface area contributed by atoms with Gasteiger partial charge in [0.2, 0.25) is 0 Å². The van der Waals surface area contributed by atoms with E-state index in [-0.39, 0.29) is 0 Å². The van der Waals surface area contributed by atoms with Gasteiger partial charge in [0.05, 0.1) is 14.2 Å². The summed E-state index contributed by atoms with van der Waals surface area (Å²) in [6.45, 7) is 1.36. The van der Waals surface area contributed by atoms with Crippen molar-refractivity contribution in [2.45, 2.75) is 13.1 Å². The van der Waals surface area contributed by atoms with E-state index in [9.17, 15) is 0 Å². The van der Waals surface area contributed by atoms with Gasteiger partial charge in [-0.05, 0) is 29.3 Å². The first kappa shape index (κ1) is 12.5. The lowest BCUT2D eigenvalue weighted by molar-refractivity contribution is 0.354. The lowest BCUT2D eigenvalue weighted by Crippen LogP contribution is -1.99. The molecule has 0 aliphatic rings. The van der Waals surface area contributed by atoms with Gasteiger partial charge in [-0.15, -0.1) is 0 Å². The van der Waals surface area contributed by atoms with Crippen LogP contribution < -0.4 is 15.2 Å². The highest BCUT2D eigenvalue weighted by Crippen LogP contribution is 2.27. The van der Waals surface area contributed by atoms with E-state index in [1.807, 2.05) is 30.5 Å². The van der Waals surface area contributed by atoms with Crippen LogP contribution in [-0.4, -0.2) is 18.8 Å². The van der Waals surface area contributed by atoms with Gasteiger partial charge in [0.15, 0.2) is 11.5 Å². The van der Waals surface area contributed by atoms with E-state index in [0.29, 0.717) is 6.54 Å².